The summed E-state index contributed by atoms with van der Waals surface area (Å²) in [6.07, 6.45) is -1.08. The van der Waals surface area contributed by atoms with Crippen molar-refractivity contribution in [3.63, 3.8) is 0 Å². The highest BCUT2D eigenvalue weighted by Crippen LogP contribution is 2.26. The molecule has 18 heavy (non-hydrogen) atoms. The van der Waals surface area contributed by atoms with E-state index in [-0.39, 0.29) is 10.5 Å². The second-order valence-electron chi connectivity index (χ2n) is 5.01. The Bertz CT molecular complexity index is 432. The summed E-state index contributed by atoms with van der Waals surface area (Å²) in [6.45, 7) is 4.40. The first-order valence-electron chi connectivity index (χ1n) is 6.17. The van der Waals surface area contributed by atoms with Crippen molar-refractivity contribution < 1.29 is 9.90 Å². The van der Waals surface area contributed by atoms with E-state index < -0.39 is 6.09 Å². The van der Waals surface area contributed by atoms with E-state index in [0.29, 0.717) is 6.54 Å². The number of nitrogens with zero attached hydrogens (tertiary/aromatic N) is 2. The zero-order valence-corrected chi connectivity index (χ0v) is 11.8. The van der Waals surface area contributed by atoms with Gasteiger partial charge in [0.1, 0.15) is 5.69 Å². The second kappa shape index (κ2) is 5.50. The number of hydrogen-bond donors (Lipinski definition) is 0. The van der Waals surface area contributed by atoms with Gasteiger partial charge in [-0.2, -0.15) is 0 Å². The van der Waals surface area contributed by atoms with E-state index in [2.05, 4.69) is 11.8 Å². The Balaban J connectivity index is 3.20. The van der Waals surface area contributed by atoms with E-state index in [0.717, 1.165) is 11.3 Å². The molecule has 4 heteroatoms. The number of benzene rings is 1. The van der Waals surface area contributed by atoms with Crippen molar-refractivity contribution in [3.8, 4) is 0 Å². The molecular formula is C14H22N2O2. The van der Waals surface area contributed by atoms with Crippen LogP contribution in [0.5, 0.6) is 0 Å². The van der Waals surface area contributed by atoms with Crippen molar-refractivity contribution in [2.75, 3.05) is 27.7 Å². The Kier molecular flexibility index (Phi) is 4.48. The van der Waals surface area contributed by atoms with Gasteiger partial charge in [-0.05, 0) is 39.6 Å². The molecule has 0 aromatic heterocycles. The molecule has 0 fully saturated rings. The monoisotopic (exact) mass is 250 g/mol. The first-order valence-corrected chi connectivity index (χ1v) is 6.17. The normalized spacial score (nSPS) is 16.3. The quantitative estimate of drug-likeness (QED) is 0.763. The number of rotatable bonds is 4. The van der Waals surface area contributed by atoms with Gasteiger partial charge >= 0.3 is 0 Å². The van der Waals surface area contributed by atoms with E-state index in [1.165, 1.54) is 0 Å². The van der Waals surface area contributed by atoms with Crippen LogP contribution < -0.4 is 9.59 Å². The van der Waals surface area contributed by atoms with Crippen molar-refractivity contribution >= 4 is 11.8 Å². The molecule has 0 aliphatic heterocycles. The van der Waals surface area contributed by atoms with E-state index in [9.17, 15) is 9.90 Å². The molecule has 100 valence electrons. The number of amides is 1. The van der Waals surface area contributed by atoms with Gasteiger partial charge in [-0.25, -0.2) is 4.48 Å². The SMILES string of the molecule is CC[N+](C)(C(=O)[O-])c1cccc(C(C)N(C)C)c1. The third kappa shape index (κ3) is 2.71. The zero-order valence-electron chi connectivity index (χ0n) is 11.8. The summed E-state index contributed by atoms with van der Waals surface area (Å²) in [4.78, 5) is 13.4. The van der Waals surface area contributed by atoms with Crippen LogP contribution in [0.15, 0.2) is 24.3 Å². The Labute approximate surface area is 109 Å². The molecular weight excluding hydrogens is 228 g/mol. The van der Waals surface area contributed by atoms with Crippen molar-refractivity contribution in [1.82, 2.24) is 9.38 Å². The number of carbonyl (C=O) groups excluding carboxylic acids is 1. The minimum atomic E-state index is -1.08. The van der Waals surface area contributed by atoms with Crippen LogP contribution in [0.1, 0.15) is 25.5 Å². The molecule has 1 amide bonds. The molecule has 0 bridgehead atoms. The molecule has 0 spiro atoms. The Hall–Kier alpha value is -1.39. The summed E-state index contributed by atoms with van der Waals surface area (Å²) >= 11 is 0. The second-order valence-corrected chi connectivity index (χ2v) is 5.01. The van der Waals surface area contributed by atoms with Gasteiger partial charge in [0.25, 0.3) is 6.09 Å². The summed E-state index contributed by atoms with van der Waals surface area (Å²) < 4.78 is -0.200. The number of carbonyl (C=O) groups is 1. The van der Waals surface area contributed by atoms with Gasteiger partial charge in [-0.15, -0.1) is 0 Å². The van der Waals surface area contributed by atoms with E-state index in [1.54, 1.807) is 7.05 Å². The fraction of sp³-hybridized carbons (Fsp3) is 0.500. The zero-order chi connectivity index (χ0) is 13.9. The minimum absolute atomic E-state index is 0.200. The Morgan fingerprint density at radius 3 is 2.50 bits per heavy atom. The molecule has 2 atom stereocenters. The maximum absolute atomic E-state index is 11.3. The van der Waals surface area contributed by atoms with Gasteiger partial charge in [0.05, 0.1) is 13.6 Å². The van der Waals surface area contributed by atoms with Crippen LogP contribution in [0.4, 0.5) is 10.5 Å². The number of hydrogen-bond acceptors (Lipinski definition) is 3. The van der Waals surface area contributed by atoms with Gasteiger partial charge < -0.3 is 14.8 Å². The lowest BCUT2D eigenvalue weighted by molar-refractivity contribution is -0.262. The van der Waals surface area contributed by atoms with Crippen LogP contribution in [0.25, 0.3) is 0 Å². The molecule has 0 N–H and O–H groups in total. The number of carboxylic acid groups (broad SMARTS) is 1. The maximum atomic E-state index is 11.3. The van der Waals surface area contributed by atoms with Crippen LogP contribution in [-0.4, -0.2) is 38.7 Å². The predicted octanol–water partition coefficient (Wildman–Crippen LogP) is 1.61. The summed E-state index contributed by atoms with van der Waals surface area (Å²) in [6, 6.07) is 7.95. The molecule has 0 heterocycles. The predicted molar refractivity (Wildman–Crippen MR) is 72.2 cm³/mol. The summed E-state index contributed by atoms with van der Waals surface area (Å²) in [7, 11) is 5.67. The van der Waals surface area contributed by atoms with E-state index >= 15 is 0 Å². The minimum Gasteiger partial charge on any atom is -0.498 e. The average molecular weight is 250 g/mol. The van der Waals surface area contributed by atoms with E-state index in [1.807, 2.05) is 45.3 Å². The molecule has 0 aliphatic rings. The molecule has 0 saturated heterocycles. The third-order valence-corrected chi connectivity index (χ3v) is 3.73. The highest BCUT2D eigenvalue weighted by Gasteiger charge is 2.26. The highest BCUT2D eigenvalue weighted by atomic mass is 16.4. The smallest absolute Gasteiger partial charge is 0.262 e. The average Bonchev–Trinajstić information content (AvgIpc) is 2.36. The maximum Gasteiger partial charge on any atom is 0.262 e. The van der Waals surface area contributed by atoms with Crippen LogP contribution in [-0.2, 0) is 0 Å². The van der Waals surface area contributed by atoms with E-state index in [4.69, 9.17) is 0 Å². The van der Waals surface area contributed by atoms with Crippen molar-refractivity contribution in [2.45, 2.75) is 19.9 Å². The Morgan fingerprint density at radius 1 is 1.44 bits per heavy atom. The fourth-order valence-electron chi connectivity index (χ4n) is 1.81. The Morgan fingerprint density at radius 2 is 2.06 bits per heavy atom. The molecule has 1 rings (SSSR count). The lowest BCUT2D eigenvalue weighted by Crippen LogP contribution is -2.57. The largest absolute Gasteiger partial charge is 0.498 e. The lowest BCUT2D eigenvalue weighted by Gasteiger charge is -2.32. The van der Waals surface area contributed by atoms with Crippen molar-refractivity contribution in [1.29, 1.82) is 0 Å². The summed E-state index contributed by atoms with van der Waals surface area (Å²) in [5, 5.41) is 11.3. The van der Waals surface area contributed by atoms with Gasteiger partial charge in [-0.3, -0.25) is 0 Å². The van der Waals surface area contributed by atoms with Crippen LogP contribution in [0.3, 0.4) is 0 Å². The number of quaternary nitrogens is 1. The molecule has 4 nitrogen and oxygen atoms in total. The topological polar surface area (TPSA) is 43.4 Å². The molecule has 1 aromatic rings. The lowest BCUT2D eigenvalue weighted by atomic mass is 10.1. The summed E-state index contributed by atoms with van der Waals surface area (Å²) in [5.41, 5.74) is 1.86. The van der Waals surface area contributed by atoms with Gasteiger partial charge in [0, 0.05) is 12.1 Å². The van der Waals surface area contributed by atoms with Gasteiger partial charge in [-0.1, -0.05) is 12.1 Å². The molecule has 0 aliphatic carbocycles. The molecule has 1 aromatic carbocycles. The fourth-order valence-corrected chi connectivity index (χ4v) is 1.81. The first-order chi connectivity index (χ1) is 8.32. The van der Waals surface area contributed by atoms with Crippen LogP contribution in [0, 0.1) is 0 Å². The molecule has 2 unspecified atom stereocenters. The molecule has 0 saturated carbocycles. The van der Waals surface area contributed by atoms with Gasteiger partial charge in [0.15, 0.2) is 0 Å². The van der Waals surface area contributed by atoms with Crippen molar-refractivity contribution in [3.05, 3.63) is 29.8 Å². The van der Waals surface area contributed by atoms with Crippen LogP contribution >= 0.6 is 0 Å². The molecule has 0 radical (unpaired) electrons. The van der Waals surface area contributed by atoms with Crippen LogP contribution in [0.2, 0.25) is 0 Å². The first kappa shape index (κ1) is 14.7. The van der Waals surface area contributed by atoms with Crippen molar-refractivity contribution in [2.24, 2.45) is 0 Å². The van der Waals surface area contributed by atoms with Gasteiger partial charge in [0.2, 0.25) is 0 Å². The standard InChI is InChI=1S/C14H22N2O2/c1-6-16(5,14(17)18)13-9-7-8-12(10-13)11(2)15(3)4/h7-11H,6H2,1-5H3. The summed E-state index contributed by atoms with van der Waals surface area (Å²) in [5.74, 6) is 0. The highest BCUT2D eigenvalue weighted by molar-refractivity contribution is 5.78. The third-order valence-electron chi connectivity index (χ3n) is 3.73.